The molecule has 0 aromatic heterocycles. The third-order valence-electron chi connectivity index (χ3n) is 4.32. The minimum absolute atomic E-state index is 0.170. The maximum atomic E-state index is 10.3. The summed E-state index contributed by atoms with van der Waals surface area (Å²) in [7, 11) is 0. The Kier molecular flexibility index (Phi) is 13.2. The minimum atomic E-state index is -0.170. The zero-order valence-electron chi connectivity index (χ0n) is 17.5. The van der Waals surface area contributed by atoms with E-state index >= 15 is 0 Å². The fraction of sp³-hybridized carbons (Fsp3) is 0.696. The molecule has 0 saturated heterocycles. The Morgan fingerprint density at radius 1 is 1.12 bits per heavy atom. The van der Waals surface area contributed by atoms with E-state index in [4.69, 9.17) is 4.74 Å². The highest BCUT2D eigenvalue weighted by atomic mass is 16.5. The van der Waals surface area contributed by atoms with E-state index in [1.54, 1.807) is 0 Å². The highest BCUT2D eigenvalue weighted by Gasteiger charge is 2.11. The van der Waals surface area contributed by atoms with Crippen molar-refractivity contribution in [3.63, 3.8) is 0 Å². The first-order valence-corrected chi connectivity index (χ1v) is 9.89. The number of allylic oxidation sites excluding steroid dienone is 6. The molecule has 0 aliphatic heterocycles. The van der Waals surface area contributed by atoms with E-state index in [2.05, 4.69) is 58.9 Å². The fourth-order valence-corrected chi connectivity index (χ4v) is 2.55. The van der Waals surface area contributed by atoms with Gasteiger partial charge in [-0.05, 0) is 51.4 Å². The molecule has 2 nitrogen and oxygen atoms in total. The SMILES string of the molecule is C/C1=C\CC/C(C)=C/CC(C)(C)/C=C/C1.CCCCCCOC(C)=O. The maximum absolute atomic E-state index is 10.3. The zero-order chi connectivity index (χ0) is 19.1. The van der Waals surface area contributed by atoms with Crippen molar-refractivity contribution in [2.45, 2.75) is 92.9 Å². The van der Waals surface area contributed by atoms with Crippen LogP contribution in [-0.2, 0) is 9.53 Å². The normalized spacial score (nSPS) is 22.8. The summed E-state index contributed by atoms with van der Waals surface area (Å²) in [4.78, 5) is 10.3. The molecule has 0 fully saturated rings. The number of hydrogen-bond acceptors (Lipinski definition) is 2. The van der Waals surface area contributed by atoms with Gasteiger partial charge in [0.2, 0.25) is 0 Å². The van der Waals surface area contributed by atoms with Crippen LogP contribution < -0.4 is 0 Å². The number of rotatable bonds is 5. The van der Waals surface area contributed by atoms with Gasteiger partial charge >= 0.3 is 5.97 Å². The van der Waals surface area contributed by atoms with Crippen LogP contribution in [0.15, 0.2) is 35.5 Å². The molecule has 0 spiro atoms. The average Bonchev–Trinajstić information content (AvgIpc) is 2.55. The van der Waals surface area contributed by atoms with Gasteiger partial charge in [-0.2, -0.15) is 0 Å². The molecule has 0 aromatic carbocycles. The first-order chi connectivity index (χ1) is 11.8. The topological polar surface area (TPSA) is 26.3 Å². The monoisotopic (exact) mass is 348 g/mol. The number of ether oxygens (including phenoxy) is 1. The summed E-state index contributed by atoms with van der Waals surface area (Å²) in [6.07, 6.45) is 18.8. The van der Waals surface area contributed by atoms with Crippen LogP contribution in [-0.4, -0.2) is 12.6 Å². The van der Waals surface area contributed by atoms with Crippen LogP contribution in [0.25, 0.3) is 0 Å². The smallest absolute Gasteiger partial charge is 0.302 e. The molecule has 1 aliphatic rings. The number of carbonyl (C=O) groups is 1. The van der Waals surface area contributed by atoms with E-state index in [9.17, 15) is 4.79 Å². The summed E-state index contributed by atoms with van der Waals surface area (Å²) in [5.41, 5.74) is 3.34. The summed E-state index contributed by atoms with van der Waals surface area (Å²) in [5, 5.41) is 0. The minimum Gasteiger partial charge on any atom is -0.466 e. The molecule has 0 aromatic rings. The molecule has 0 bridgehead atoms. The van der Waals surface area contributed by atoms with Crippen molar-refractivity contribution in [3.8, 4) is 0 Å². The van der Waals surface area contributed by atoms with Crippen molar-refractivity contribution in [1.82, 2.24) is 0 Å². The van der Waals surface area contributed by atoms with Gasteiger partial charge in [0.1, 0.15) is 0 Å². The van der Waals surface area contributed by atoms with Crippen LogP contribution >= 0.6 is 0 Å². The van der Waals surface area contributed by atoms with Crippen LogP contribution in [0, 0.1) is 5.41 Å². The summed E-state index contributed by atoms with van der Waals surface area (Å²) in [5.74, 6) is -0.170. The van der Waals surface area contributed by atoms with Crippen molar-refractivity contribution in [1.29, 1.82) is 0 Å². The Morgan fingerprint density at radius 2 is 1.84 bits per heavy atom. The number of unbranched alkanes of at least 4 members (excludes halogenated alkanes) is 3. The van der Waals surface area contributed by atoms with Crippen molar-refractivity contribution < 1.29 is 9.53 Å². The van der Waals surface area contributed by atoms with Gasteiger partial charge < -0.3 is 4.74 Å². The standard InChI is InChI=1S/C15H24.C8H16O2/c1-13-7-5-8-14(2)10-12-15(3,4)11-6-9-13;1-3-4-5-6-7-10-8(2)9/h6-7,10-11H,5,8-9,12H2,1-4H3;3-7H2,1-2H3/b11-6+,13-7+,14-10+;. The molecule has 1 rings (SSSR count). The molecule has 0 radical (unpaired) electrons. The third kappa shape index (κ3) is 15.9. The van der Waals surface area contributed by atoms with E-state index in [1.165, 1.54) is 50.2 Å². The summed E-state index contributed by atoms with van der Waals surface area (Å²) < 4.78 is 4.75. The number of carbonyl (C=O) groups excluding carboxylic acids is 1. The Hall–Kier alpha value is -1.31. The fourth-order valence-electron chi connectivity index (χ4n) is 2.55. The highest BCUT2D eigenvalue weighted by Crippen LogP contribution is 2.25. The van der Waals surface area contributed by atoms with Gasteiger partial charge in [-0.1, -0.05) is 75.5 Å². The number of hydrogen-bond donors (Lipinski definition) is 0. The first kappa shape index (κ1) is 23.7. The Bertz CT molecular complexity index is 453. The van der Waals surface area contributed by atoms with Gasteiger partial charge in [-0.3, -0.25) is 4.79 Å². The van der Waals surface area contributed by atoms with Crippen LogP contribution in [0.1, 0.15) is 92.9 Å². The largest absolute Gasteiger partial charge is 0.466 e. The van der Waals surface area contributed by atoms with Gasteiger partial charge in [0.25, 0.3) is 0 Å². The van der Waals surface area contributed by atoms with E-state index < -0.39 is 0 Å². The second kappa shape index (κ2) is 13.9. The molecule has 0 unspecified atom stereocenters. The molecular weight excluding hydrogens is 308 g/mol. The summed E-state index contributed by atoms with van der Waals surface area (Å²) in [6.45, 7) is 13.3. The van der Waals surface area contributed by atoms with Crippen molar-refractivity contribution in [2.24, 2.45) is 5.41 Å². The van der Waals surface area contributed by atoms with Crippen LogP contribution in [0.4, 0.5) is 0 Å². The lowest BCUT2D eigenvalue weighted by molar-refractivity contribution is -0.141. The predicted octanol–water partition coefficient (Wildman–Crippen LogP) is 7.17. The van der Waals surface area contributed by atoms with Gasteiger partial charge in [-0.25, -0.2) is 0 Å². The molecular formula is C23H40O2. The van der Waals surface area contributed by atoms with E-state index in [0.717, 1.165) is 19.3 Å². The second-order valence-corrected chi connectivity index (χ2v) is 7.84. The average molecular weight is 349 g/mol. The molecule has 0 heterocycles. The Labute approximate surface area is 156 Å². The van der Waals surface area contributed by atoms with Gasteiger partial charge in [-0.15, -0.1) is 0 Å². The highest BCUT2D eigenvalue weighted by molar-refractivity contribution is 5.65. The quantitative estimate of drug-likeness (QED) is 0.299. The predicted molar refractivity (Wildman–Crippen MR) is 110 cm³/mol. The Balaban J connectivity index is 0.000000504. The van der Waals surface area contributed by atoms with Crippen LogP contribution in [0.2, 0.25) is 0 Å². The lowest BCUT2D eigenvalue weighted by Gasteiger charge is -2.18. The molecule has 144 valence electrons. The molecule has 0 saturated carbocycles. The number of esters is 1. The third-order valence-corrected chi connectivity index (χ3v) is 4.32. The first-order valence-electron chi connectivity index (χ1n) is 9.89. The van der Waals surface area contributed by atoms with E-state index in [0.29, 0.717) is 12.0 Å². The molecule has 25 heavy (non-hydrogen) atoms. The molecule has 2 heteroatoms. The molecule has 0 amide bonds. The Morgan fingerprint density at radius 3 is 2.48 bits per heavy atom. The van der Waals surface area contributed by atoms with Crippen molar-refractivity contribution in [3.05, 3.63) is 35.5 Å². The summed E-state index contributed by atoms with van der Waals surface area (Å²) in [6, 6.07) is 0. The molecule has 0 N–H and O–H groups in total. The van der Waals surface area contributed by atoms with Crippen LogP contribution in [0.3, 0.4) is 0 Å². The van der Waals surface area contributed by atoms with E-state index in [1.807, 2.05) is 0 Å². The van der Waals surface area contributed by atoms with Crippen LogP contribution in [0.5, 0.6) is 0 Å². The lowest BCUT2D eigenvalue weighted by Crippen LogP contribution is -2.05. The summed E-state index contributed by atoms with van der Waals surface area (Å²) >= 11 is 0. The van der Waals surface area contributed by atoms with Gasteiger partial charge in [0, 0.05) is 6.92 Å². The van der Waals surface area contributed by atoms with Gasteiger partial charge in [0.15, 0.2) is 0 Å². The zero-order valence-corrected chi connectivity index (χ0v) is 17.5. The van der Waals surface area contributed by atoms with Gasteiger partial charge in [0.05, 0.1) is 6.61 Å². The maximum Gasteiger partial charge on any atom is 0.302 e. The van der Waals surface area contributed by atoms with E-state index in [-0.39, 0.29) is 5.97 Å². The second-order valence-electron chi connectivity index (χ2n) is 7.84. The van der Waals surface area contributed by atoms with Crippen molar-refractivity contribution >= 4 is 5.97 Å². The lowest BCUT2D eigenvalue weighted by atomic mass is 9.87. The van der Waals surface area contributed by atoms with Crippen molar-refractivity contribution in [2.75, 3.05) is 6.61 Å². The molecule has 0 atom stereocenters. The molecule has 1 aliphatic carbocycles.